The van der Waals surface area contributed by atoms with Gasteiger partial charge in [-0.1, -0.05) is 18.2 Å². The largest absolute Gasteiger partial charge is 0.476 e. The molecule has 2 aromatic heterocycles. The molecule has 0 aliphatic heterocycles. The van der Waals surface area contributed by atoms with E-state index in [2.05, 4.69) is 15.3 Å². The summed E-state index contributed by atoms with van der Waals surface area (Å²) in [6.07, 6.45) is 3.19. The van der Waals surface area contributed by atoms with E-state index in [0.29, 0.717) is 24.5 Å². The minimum absolute atomic E-state index is 0.213. The number of likely N-dealkylation sites (N-methyl/N-ethyl adjacent to an activating group) is 1. The van der Waals surface area contributed by atoms with E-state index in [0.717, 1.165) is 16.9 Å². The number of rotatable bonds is 6. The Hall–Kier alpha value is -2.70. The van der Waals surface area contributed by atoms with Crippen molar-refractivity contribution >= 4 is 10.9 Å². The highest BCUT2D eigenvalue weighted by Crippen LogP contribution is 2.31. The topological polar surface area (TPSA) is 76.5 Å². The lowest BCUT2D eigenvalue weighted by atomic mass is 10.2. The molecule has 2 N–H and O–H groups in total. The van der Waals surface area contributed by atoms with Crippen LogP contribution in [0.4, 0.5) is 0 Å². The highest BCUT2D eigenvalue weighted by atomic mass is 16.5. The summed E-state index contributed by atoms with van der Waals surface area (Å²) in [5.74, 6) is 2.06. The van der Waals surface area contributed by atoms with Gasteiger partial charge >= 0.3 is 0 Å². The van der Waals surface area contributed by atoms with Gasteiger partial charge in [-0.25, -0.2) is 4.98 Å². The predicted octanol–water partition coefficient (Wildman–Crippen LogP) is 3.41. The van der Waals surface area contributed by atoms with E-state index in [4.69, 9.17) is 14.6 Å². The van der Waals surface area contributed by atoms with E-state index in [1.165, 1.54) is 0 Å². The summed E-state index contributed by atoms with van der Waals surface area (Å²) in [5, 5.41) is 12.2. The summed E-state index contributed by atoms with van der Waals surface area (Å²) in [7, 11) is 1.81. The molecule has 1 atom stereocenters. The van der Waals surface area contributed by atoms with Gasteiger partial charge in [0, 0.05) is 18.9 Å². The molecule has 0 amide bonds. The first-order valence-electron chi connectivity index (χ1n) is 8.57. The fraction of sp³-hybridized carbons (Fsp3) is 0.300. The first-order chi connectivity index (χ1) is 12.7. The zero-order valence-electron chi connectivity index (χ0n) is 15.3. The number of aromatic nitrogens is 2. The lowest BCUT2D eigenvalue weighted by molar-refractivity contribution is 0.194. The zero-order valence-corrected chi connectivity index (χ0v) is 15.3. The second-order valence-electron chi connectivity index (χ2n) is 5.58. The Morgan fingerprint density at radius 2 is 1.81 bits per heavy atom. The van der Waals surface area contributed by atoms with Crippen molar-refractivity contribution in [3.8, 4) is 17.4 Å². The number of benzene rings is 1. The molecule has 0 radical (unpaired) electrons. The number of ether oxygens (including phenoxy) is 2. The summed E-state index contributed by atoms with van der Waals surface area (Å²) in [4.78, 5) is 8.54. The van der Waals surface area contributed by atoms with E-state index >= 15 is 0 Å². The summed E-state index contributed by atoms with van der Waals surface area (Å²) < 4.78 is 11.4. The average molecular weight is 355 g/mol. The molecular formula is C20H25N3O3. The molecule has 0 aliphatic rings. The van der Waals surface area contributed by atoms with Gasteiger partial charge in [0.25, 0.3) is 0 Å². The van der Waals surface area contributed by atoms with Gasteiger partial charge in [-0.15, -0.1) is 0 Å². The van der Waals surface area contributed by atoms with Gasteiger partial charge in [-0.2, -0.15) is 0 Å². The van der Waals surface area contributed by atoms with Gasteiger partial charge in [0.2, 0.25) is 5.88 Å². The number of nitrogens with one attached hydrogen (secondary N) is 1. The molecule has 0 fully saturated rings. The van der Waals surface area contributed by atoms with E-state index in [9.17, 15) is 0 Å². The predicted molar refractivity (Wildman–Crippen MR) is 103 cm³/mol. The first-order valence-corrected chi connectivity index (χ1v) is 8.57. The molecule has 6 nitrogen and oxygen atoms in total. The molecule has 138 valence electrons. The Balaban J connectivity index is 0.000000352. The smallest absolute Gasteiger partial charge is 0.240 e. The molecule has 6 heteroatoms. The van der Waals surface area contributed by atoms with E-state index in [-0.39, 0.29) is 6.10 Å². The Morgan fingerprint density at radius 3 is 2.42 bits per heavy atom. The number of fused-ring (bicyclic) bond motifs is 1. The number of pyridine rings is 2. The molecule has 0 aliphatic carbocycles. The molecule has 0 saturated heterocycles. The molecule has 26 heavy (non-hydrogen) atoms. The molecule has 0 saturated carbocycles. The monoisotopic (exact) mass is 355 g/mol. The minimum Gasteiger partial charge on any atom is -0.476 e. The lowest BCUT2D eigenvalue weighted by Crippen LogP contribution is -2.19. The second-order valence-corrected chi connectivity index (χ2v) is 5.58. The summed E-state index contributed by atoms with van der Waals surface area (Å²) in [6, 6.07) is 13.4. The maximum absolute atomic E-state index is 8.49. The fourth-order valence-electron chi connectivity index (χ4n) is 2.27. The van der Waals surface area contributed by atoms with E-state index < -0.39 is 0 Å². The van der Waals surface area contributed by atoms with E-state index in [1.54, 1.807) is 19.3 Å². The van der Waals surface area contributed by atoms with Crippen molar-refractivity contribution in [3.63, 3.8) is 0 Å². The normalized spacial score (nSPS) is 11.4. The van der Waals surface area contributed by atoms with Crippen LogP contribution in [0.15, 0.2) is 54.9 Å². The van der Waals surface area contributed by atoms with Crippen LogP contribution in [0.5, 0.6) is 17.4 Å². The summed E-state index contributed by atoms with van der Waals surface area (Å²) in [6.45, 7) is 4.90. The third-order valence-electron chi connectivity index (χ3n) is 3.34. The van der Waals surface area contributed by atoms with Crippen molar-refractivity contribution < 1.29 is 14.6 Å². The van der Waals surface area contributed by atoms with Crippen LogP contribution in [0.25, 0.3) is 10.9 Å². The highest BCUT2D eigenvalue weighted by Gasteiger charge is 2.09. The van der Waals surface area contributed by atoms with Crippen LogP contribution in [-0.2, 0) is 0 Å². The van der Waals surface area contributed by atoms with Gasteiger partial charge in [0.05, 0.1) is 18.1 Å². The molecule has 1 aromatic carbocycles. The van der Waals surface area contributed by atoms with Gasteiger partial charge < -0.3 is 19.9 Å². The molecule has 2 heterocycles. The van der Waals surface area contributed by atoms with Crippen LogP contribution >= 0.6 is 0 Å². The maximum atomic E-state index is 8.49. The SMILES string of the molecule is CCOc1nccc2c(Oc3ccccc3)ccnc12.CNCC(C)O. The van der Waals surface area contributed by atoms with Crippen molar-refractivity contribution in [2.75, 3.05) is 20.2 Å². The van der Waals surface area contributed by atoms with Gasteiger partial charge in [0.1, 0.15) is 17.0 Å². The van der Waals surface area contributed by atoms with Crippen molar-refractivity contribution in [2.45, 2.75) is 20.0 Å². The standard InChI is InChI=1S/C16H14N2O2.C4H11NO/c1-2-19-16-15-13(8-10-18-16)14(9-11-17-15)20-12-6-4-3-5-7-12;1-4(6)3-5-2/h3-11H,2H2,1H3;4-6H,3H2,1-2H3. The molecule has 0 spiro atoms. The maximum Gasteiger partial charge on any atom is 0.240 e. The lowest BCUT2D eigenvalue weighted by Gasteiger charge is -2.10. The molecule has 3 aromatic rings. The van der Waals surface area contributed by atoms with Crippen LogP contribution in [0.2, 0.25) is 0 Å². The Bertz CT molecular complexity index is 795. The van der Waals surface area contributed by atoms with Crippen LogP contribution in [0, 0.1) is 0 Å². The molecule has 1 unspecified atom stereocenters. The van der Waals surface area contributed by atoms with Crippen LogP contribution in [0.3, 0.4) is 0 Å². The summed E-state index contributed by atoms with van der Waals surface area (Å²) in [5.41, 5.74) is 0.711. The van der Waals surface area contributed by atoms with Crippen molar-refractivity contribution in [2.24, 2.45) is 0 Å². The van der Waals surface area contributed by atoms with Crippen molar-refractivity contribution in [1.82, 2.24) is 15.3 Å². The fourth-order valence-corrected chi connectivity index (χ4v) is 2.27. The van der Waals surface area contributed by atoms with Gasteiger partial charge in [-0.05, 0) is 45.2 Å². The third-order valence-corrected chi connectivity index (χ3v) is 3.34. The number of hydrogen-bond donors (Lipinski definition) is 2. The number of para-hydroxylation sites is 1. The quantitative estimate of drug-likeness (QED) is 0.706. The van der Waals surface area contributed by atoms with Crippen molar-refractivity contribution in [1.29, 1.82) is 0 Å². The van der Waals surface area contributed by atoms with Crippen molar-refractivity contribution in [3.05, 3.63) is 54.9 Å². The highest BCUT2D eigenvalue weighted by molar-refractivity contribution is 5.88. The summed E-state index contributed by atoms with van der Waals surface area (Å²) >= 11 is 0. The Morgan fingerprint density at radius 1 is 1.08 bits per heavy atom. The zero-order chi connectivity index (χ0) is 18.8. The second kappa shape index (κ2) is 10.3. The third kappa shape index (κ3) is 5.68. The van der Waals surface area contributed by atoms with Crippen LogP contribution < -0.4 is 14.8 Å². The molecular weight excluding hydrogens is 330 g/mol. The number of hydrogen-bond acceptors (Lipinski definition) is 6. The van der Waals surface area contributed by atoms with Crippen LogP contribution in [0.1, 0.15) is 13.8 Å². The van der Waals surface area contributed by atoms with E-state index in [1.807, 2.05) is 56.4 Å². The number of nitrogens with zero attached hydrogens (tertiary/aromatic N) is 2. The van der Waals surface area contributed by atoms with Gasteiger partial charge in [-0.3, -0.25) is 4.98 Å². The van der Waals surface area contributed by atoms with Gasteiger partial charge in [0.15, 0.2) is 0 Å². The Kier molecular flexibility index (Phi) is 7.79. The number of aliphatic hydroxyl groups excluding tert-OH is 1. The minimum atomic E-state index is -0.213. The Labute approximate surface area is 153 Å². The first kappa shape index (κ1) is 19.6. The molecule has 0 bridgehead atoms. The average Bonchev–Trinajstić information content (AvgIpc) is 2.64. The van der Waals surface area contributed by atoms with Crippen LogP contribution in [-0.4, -0.2) is 41.4 Å². The molecule has 3 rings (SSSR count). The number of aliphatic hydroxyl groups is 1.